The van der Waals surface area contributed by atoms with E-state index >= 15 is 0 Å². The molecule has 0 aliphatic carbocycles. The third kappa shape index (κ3) is 5.26. The van der Waals surface area contributed by atoms with E-state index in [4.69, 9.17) is 5.11 Å². The van der Waals surface area contributed by atoms with Crippen molar-refractivity contribution in [3.05, 3.63) is 34.7 Å². The predicted octanol–water partition coefficient (Wildman–Crippen LogP) is 3.55. The number of hydrogen-bond acceptors (Lipinski definition) is 6. The van der Waals surface area contributed by atoms with Gasteiger partial charge in [-0.05, 0) is 53.6 Å². The number of anilines is 2. The Hall–Kier alpha value is -1.18. The van der Waals surface area contributed by atoms with E-state index in [1.807, 2.05) is 19.1 Å². The van der Waals surface area contributed by atoms with Gasteiger partial charge in [0.25, 0.3) is 0 Å². The first-order valence-electron chi connectivity index (χ1n) is 6.65. The summed E-state index contributed by atoms with van der Waals surface area (Å²) >= 11 is 5.11. The Kier molecular flexibility index (Phi) is 6.41. The Morgan fingerprint density at radius 1 is 1.24 bits per heavy atom. The van der Waals surface area contributed by atoms with Crippen LogP contribution >= 0.6 is 27.7 Å². The van der Waals surface area contributed by atoms with Crippen molar-refractivity contribution in [1.29, 1.82) is 0 Å². The molecule has 21 heavy (non-hydrogen) atoms. The Balaban J connectivity index is 2.01. The van der Waals surface area contributed by atoms with Gasteiger partial charge in [-0.3, -0.25) is 4.98 Å². The minimum Gasteiger partial charge on any atom is -0.396 e. The standard InChI is InChI=1S/C14H17BrN4OS/c1-10-4-5-11(8-16-10)18-14-17-9-12(15)13(19-14)21-7-3-2-6-20/h4-5,8-9,20H,2-3,6-7H2,1H3,(H,17,18,19). The molecule has 0 spiro atoms. The molecule has 2 heterocycles. The van der Waals surface area contributed by atoms with Gasteiger partial charge in [-0.2, -0.15) is 0 Å². The molecule has 2 aromatic heterocycles. The summed E-state index contributed by atoms with van der Waals surface area (Å²) < 4.78 is 0.879. The molecular weight excluding hydrogens is 352 g/mol. The molecule has 112 valence electrons. The van der Waals surface area contributed by atoms with Crippen molar-refractivity contribution in [3.8, 4) is 0 Å². The maximum absolute atomic E-state index is 8.79. The van der Waals surface area contributed by atoms with Crippen molar-refractivity contribution >= 4 is 39.3 Å². The molecular formula is C14H17BrN4OS. The molecule has 0 bridgehead atoms. The molecule has 0 unspecified atom stereocenters. The van der Waals surface area contributed by atoms with Crippen LogP contribution in [0.3, 0.4) is 0 Å². The fraction of sp³-hybridized carbons (Fsp3) is 0.357. The second-order valence-corrected chi connectivity index (χ2v) is 6.38. The van der Waals surface area contributed by atoms with E-state index in [-0.39, 0.29) is 6.61 Å². The van der Waals surface area contributed by atoms with Gasteiger partial charge in [-0.1, -0.05) is 0 Å². The summed E-state index contributed by atoms with van der Waals surface area (Å²) in [5, 5.41) is 12.8. The summed E-state index contributed by atoms with van der Waals surface area (Å²) in [5.74, 6) is 1.47. The highest BCUT2D eigenvalue weighted by atomic mass is 79.9. The van der Waals surface area contributed by atoms with E-state index in [1.54, 1.807) is 24.2 Å². The monoisotopic (exact) mass is 368 g/mol. The average Bonchev–Trinajstić information content (AvgIpc) is 2.49. The van der Waals surface area contributed by atoms with Gasteiger partial charge in [0.15, 0.2) is 0 Å². The third-order valence-electron chi connectivity index (χ3n) is 2.67. The van der Waals surface area contributed by atoms with E-state index in [0.29, 0.717) is 5.95 Å². The number of aliphatic hydroxyl groups excluding tert-OH is 1. The van der Waals surface area contributed by atoms with Crippen LogP contribution in [-0.2, 0) is 0 Å². The molecule has 0 amide bonds. The number of halogens is 1. The van der Waals surface area contributed by atoms with Gasteiger partial charge in [-0.25, -0.2) is 9.97 Å². The Morgan fingerprint density at radius 2 is 2.10 bits per heavy atom. The Bertz CT molecular complexity index is 580. The largest absolute Gasteiger partial charge is 0.396 e. The maximum Gasteiger partial charge on any atom is 0.228 e. The van der Waals surface area contributed by atoms with Crippen molar-refractivity contribution in [2.75, 3.05) is 17.7 Å². The molecule has 0 fully saturated rings. The number of rotatable bonds is 7. The molecule has 0 atom stereocenters. The first kappa shape index (κ1) is 16.2. The van der Waals surface area contributed by atoms with Gasteiger partial charge < -0.3 is 10.4 Å². The van der Waals surface area contributed by atoms with Gasteiger partial charge in [0, 0.05) is 18.5 Å². The highest BCUT2D eigenvalue weighted by Crippen LogP contribution is 2.27. The lowest BCUT2D eigenvalue weighted by atomic mass is 10.3. The fourth-order valence-electron chi connectivity index (χ4n) is 1.57. The lowest BCUT2D eigenvalue weighted by Gasteiger charge is -2.08. The Labute approximate surface area is 136 Å². The van der Waals surface area contributed by atoms with E-state index in [9.17, 15) is 0 Å². The summed E-state index contributed by atoms with van der Waals surface area (Å²) in [4.78, 5) is 13.0. The van der Waals surface area contributed by atoms with Crippen molar-refractivity contribution < 1.29 is 5.11 Å². The summed E-state index contributed by atoms with van der Waals surface area (Å²) in [6.07, 6.45) is 5.28. The fourth-order valence-corrected chi connectivity index (χ4v) is 2.98. The molecule has 2 rings (SSSR count). The quantitative estimate of drug-likeness (QED) is 0.442. The SMILES string of the molecule is Cc1ccc(Nc2ncc(Br)c(SCCCCO)n2)cn1. The number of nitrogens with one attached hydrogen (secondary N) is 1. The first-order valence-corrected chi connectivity index (χ1v) is 8.43. The molecule has 0 saturated carbocycles. The van der Waals surface area contributed by atoms with Crippen molar-refractivity contribution in [1.82, 2.24) is 15.0 Å². The summed E-state index contributed by atoms with van der Waals surface area (Å²) in [6, 6.07) is 3.88. The van der Waals surface area contributed by atoms with E-state index in [1.165, 1.54) is 0 Å². The van der Waals surface area contributed by atoms with Crippen LogP contribution in [0.2, 0.25) is 0 Å². The number of thioether (sulfide) groups is 1. The second-order valence-electron chi connectivity index (χ2n) is 4.44. The van der Waals surface area contributed by atoms with Gasteiger partial charge in [0.1, 0.15) is 5.03 Å². The molecule has 0 radical (unpaired) electrons. The minimum atomic E-state index is 0.235. The van der Waals surface area contributed by atoms with Crippen LogP contribution < -0.4 is 5.32 Å². The van der Waals surface area contributed by atoms with Gasteiger partial charge in [-0.15, -0.1) is 11.8 Å². The van der Waals surface area contributed by atoms with Crippen molar-refractivity contribution in [2.24, 2.45) is 0 Å². The zero-order valence-electron chi connectivity index (χ0n) is 11.7. The lowest BCUT2D eigenvalue weighted by molar-refractivity contribution is 0.287. The Morgan fingerprint density at radius 3 is 2.81 bits per heavy atom. The second kappa shape index (κ2) is 8.31. The van der Waals surface area contributed by atoms with E-state index in [0.717, 1.165) is 39.5 Å². The molecule has 5 nitrogen and oxygen atoms in total. The topological polar surface area (TPSA) is 70.9 Å². The van der Waals surface area contributed by atoms with Gasteiger partial charge >= 0.3 is 0 Å². The van der Waals surface area contributed by atoms with Crippen LogP contribution in [0.5, 0.6) is 0 Å². The molecule has 2 N–H and O–H groups in total. The lowest BCUT2D eigenvalue weighted by Crippen LogP contribution is -1.99. The number of hydrogen-bond donors (Lipinski definition) is 2. The van der Waals surface area contributed by atoms with E-state index < -0.39 is 0 Å². The van der Waals surface area contributed by atoms with Crippen LogP contribution in [0, 0.1) is 6.92 Å². The van der Waals surface area contributed by atoms with Crippen molar-refractivity contribution in [3.63, 3.8) is 0 Å². The highest BCUT2D eigenvalue weighted by molar-refractivity contribution is 9.10. The molecule has 0 aromatic carbocycles. The average molecular weight is 369 g/mol. The van der Waals surface area contributed by atoms with Crippen LogP contribution in [0.1, 0.15) is 18.5 Å². The molecule has 0 aliphatic heterocycles. The van der Waals surface area contributed by atoms with Gasteiger partial charge in [0.2, 0.25) is 5.95 Å². The summed E-state index contributed by atoms with van der Waals surface area (Å²) in [7, 11) is 0. The smallest absolute Gasteiger partial charge is 0.228 e. The molecule has 0 saturated heterocycles. The maximum atomic E-state index is 8.79. The normalized spacial score (nSPS) is 10.6. The number of aryl methyl sites for hydroxylation is 1. The number of aliphatic hydroxyl groups is 1. The van der Waals surface area contributed by atoms with Crippen LogP contribution in [0.15, 0.2) is 34.0 Å². The zero-order chi connectivity index (χ0) is 15.1. The van der Waals surface area contributed by atoms with Gasteiger partial charge in [0.05, 0.1) is 16.4 Å². The van der Waals surface area contributed by atoms with Crippen molar-refractivity contribution in [2.45, 2.75) is 24.8 Å². The van der Waals surface area contributed by atoms with Crippen LogP contribution in [-0.4, -0.2) is 32.4 Å². The minimum absolute atomic E-state index is 0.235. The number of aromatic nitrogens is 3. The number of pyridine rings is 1. The van der Waals surface area contributed by atoms with Crippen LogP contribution in [0.4, 0.5) is 11.6 Å². The number of nitrogens with zero attached hydrogens (tertiary/aromatic N) is 3. The first-order chi connectivity index (χ1) is 10.2. The van der Waals surface area contributed by atoms with E-state index in [2.05, 4.69) is 36.2 Å². The zero-order valence-corrected chi connectivity index (χ0v) is 14.1. The molecule has 7 heteroatoms. The predicted molar refractivity (Wildman–Crippen MR) is 89.0 cm³/mol. The number of unbranched alkanes of at least 4 members (excludes halogenated alkanes) is 1. The third-order valence-corrected chi connectivity index (χ3v) is 4.59. The molecule has 2 aromatic rings. The highest BCUT2D eigenvalue weighted by Gasteiger charge is 2.06. The molecule has 0 aliphatic rings. The summed E-state index contributed by atoms with van der Waals surface area (Å²) in [6.45, 7) is 2.18. The van der Waals surface area contributed by atoms with Crippen LogP contribution in [0.25, 0.3) is 0 Å². The summed E-state index contributed by atoms with van der Waals surface area (Å²) in [5.41, 5.74) is 1.83.